The van der Waals surface area contributed by atoms with E-state index < -0.39 is 0 Å². The van der Waals surface area contributed by atoms with Crippen molar-refractivity contribution in [3.05, 3.63) is 46.5 Å². The van der Waals surface area contributed by atoms with Gasteiger partial charge in [-0.1, -0.05) is 18.2 Å². The zero-order valence-corrected chi connectivity index (χ0v) is 8.06. The number of para-hydroxylation sites is 1. The molecule has 74 valence electrons. The lowest BCUT2D eigenvalue weighted by Gasteiger charge is -2.18. The zero-order chi connectivity index (χ0) is 10.3. The molecule has 3 nitrogen and oxygen atoms in total. The van der Waals surface area contributed by atoms with Gasteiger partial charge in [-0.15, -0.1) is 0 Å². The molecule has 1 aromatic carbocycles. The number of fused-ring (bicyclic) bond motifs is 2. The summed E-state index contributed by atoms with van der Waals surface area (Å²) in [6.07, 6.45) is 2.68. The number of amides is 1. The van der Waals surface area contributed by atoms with Gasteiger partial charge in [0.15, 0.2) is 0 Å². The third-order valence-electron chi connectivity index (χ3n) is 2.56. The second-order valence-corrected chi connectivity index (χ2v) is 3.52. The zero-order valence-electron chi connectivity index (χ0n) is 8.06. The summed E-state index contributed by atoms with van der Waals surface area (Å²) >= 11 is 0. The Bertz CT molecular complexity index is 584. The molecule has 3 rings (SSSR count). The van der Waals surface area contributed by atoms with E-state index in [1.165, 1.54) is 0 Å². The van der Waals surface area contributed by atoms with Crippen LogP contribution in [0.1, 0.15) is 6.42 Å². The van der Waals surface area contributed by atoms with Gasteiger partial charge >= 0.3 is 0 Å². The molecule has 0 saturated heterocycles. The van der Waals surface area contributed by atoms with Crippen molar-refractivity contribution in [2.24, 2.45) is 4.99 Å². The molecule has 2 aliphatic heterocycles. The topological polar surface area (TPSA) is 38.7 Å². The first-order valence-corrected chi connectivity index (χ1v) is 4.92. The van der Waals surface area contributed by atoms with Crippen molar-refractivity contribution in [1.29, 1.82) is 0 Å². The number of carbonyl (C=O) groups excluding carboxylic acids is 1. The van der Waals surface area contributed by atoms with E-state index in [-0.39, 0.29) is 5.91 Å². The second-order valence-electron chi connectivity index (χ2n) is 3.52. The molecule has 0 unspecified atom stereocenters. The summed E-state index contributed by atoms with van der Waals surface area (Å²) in [5, 5.41) is 1.62. The summed E-state index contributed by atoms with van der Waals surface area (Å²) in [7, 11) is 0. The van der Waals surface area contributed by atoms with Crippen molar-refractivity contribution in [2.45, 2.75) is 6.42 Å². The molecule has 0 bridgehead atoms. The first-order chi connectivity index (χ1) is 7.36. The number of rotatable bonds is 0. The monoisotopic (exact) mass is 199 g/mol. The van der Waals surface area contributed by atoms with Crippen LogP contribution in [0.15, 0.2) is 40.9 Å². The van der Waals surface area contributed by atoms with Gasteiger partial charge in [0.2, 0.25) is 0 Å². The second kappa shape index (κ2) is 3.05. The molecule has 0 aliphatic carbocycles. The molecule has 0 radical (unpaired) electrons. The summed E-state index contributed by atoms with van der Waals surface area (Å²) in [4.78, 5) is 15.7. The van der Waals surface area contributed by atoms with Gasteiger partial charge in [-0.3, -0.25) is 4.79 Å². The fourth-order valence-corrected chi connectivity index (χ4v) is 1.87. The SMILES string of the molecule is O=C1N=c2ccccc2=C2OCCC=C12. The smallest absolute Gasteiger partial charge is 0.281 e. The van der Waals surface area contributed by atoms with Crippen LogP contribution < -0.4 is 10.6 Å². The highest BCUT2D eigenvalue weighted by molar-refractivity contribution is 6.05. The van der Waals surface area contributed by atoms with E-state index in [0.717, 1.165) is 11.6 Å². The molecule has 2 heterocycles. The number of hydrogen-bond acceptors (Lipinski definition) is 2. The van der Waals surface area contributed by atoms with Crippen LogP contribution in [0.25, 0.3) is 5.76 Å². The molecular formula is C12H9NO2. The van der Waals surface area contributed by atoms with Gasteiger partial charge in [-0.05, 0) is 12.1 Å². The summed E-state index contributed by atoms with van der Waals surface area (Å²) in [5.41, 5.74) is 0.611. The minimum absolute atomic E-state index is 0.191. The van der Waals surface area contributed by atoms with E-state index >= 15 is 0 Å². The van der Waals surface area contributed by atoms with Crippen LogP contribution in [0.5, 0.6) is 0 Å². The van der Waals surface area contributed by atoms with Crippen LogP contribution in [-0.2, 0) is 9.53 Å². The van der Waals surface area contributed by atoms with Crippen molar-refractivity contribution < 1.29 is 9.53 Å². The van der Waals surface area contributed by atoms with Crippen LogP contribution in [0.4, 0.5) is 0 Å². The molecule has 15 heavy (non-hydrogen) atoms. The average molecular weight is 199 g/mol. The molecule has 1 amide bonds. The predicted octanol–water partition coefficient (Wildman–Crippen LogP) is 0.301. The van der Waals surface area contributed by atoms with E-state index in [1.807, 2.05) is 30.3 Å². The Labute approximate surface area is 86.4 Å². The van der Waals surface area contributed by atoms with Crippen molar-refractivity contribution in [3.8, 4) is 0 Å². The van der Waals surface area contributed by atoms with Gasteiger partial charge in [0.05, 0.1) is 17.5 Å². The van der Waals surface area contributed by atoms with Gasteiger partial charge in [0, 0.05) is 11.6 Å². The fraction of sp³-hybridized carbons (Fsp3) is 0.167. The van der Waals surface area contributed by atoms with Crippen molar-refractivity contribution in [1.82, 2.24) is 0 Å². The average Bonchev–Trinajstić information content (AvgIpc) is 2.30. The molecular weight excluding hydrogens is 190 g/mol. The number of carbonyl (C=O) groups is 1. The molecule has 0 aromatic heterocycles. The lowest BCUT2D eigenvalue weighted by molar-refractivity contribution is -0.114. The Balaban J connectivity index is 2.45. The molecule has 1 aromatic rings. The highest BCUT2D eigenvalue weighted by Crippen LogP contribution is 2.20. The van der Waals surface area contributed by atoms with Crippen LogP contribution in [-0.4, -0.2) is 12.5 Å². The van der Waals surface area contributed by atoms with Gasteiger partial charge in [-0.25, -0.2) is 4.99 Å². The van der Waals surface area contributed by atoms with Gasteiger partial charge in [-0.2, -0.15) is 0 Å². The van der Waals surface area contributed by atoms with Crippen LogP contribution >= 0.6 is 0 Å². The quantitative estimate of drug-likeness (QED) is 0.603. The maximum Gasteiger partial charge on any atom is 0.281 e. The highest BCUT2D eigenvalue weighted by Gasteiger charge is 2.22. The Morgan fingerprint density at radius 2 is 2.13 bits per heavy atom. The third kappa shape index (κ3) is 1.20. The van der Waals surface area contributed by atoms with E-state index in [4.69, 9.17) is 4.74 Å². The number of ether oxygens (including phenoxy) is 1. The number of hydrogen-bond donors (Lipinski definition) is 0. The fourth-order valence-electron chi connectivity index (χ4n) is 1.87. The maximum absolute atomic E-state index is 11.7. The van der Waals surface area contributed by atoms with E-state index in [1.54, 1.807) is 0 Å². The van der Waals surface area contributed by atoms with Gasteiger partial charge in [0.1, 0.15) is 5.76 Å². The van der Waals surface area contributed by atoms with Crippen LogP contribution in [0.2, 0.25) is 0 Å². The molecule has 0 N–H and O–H groups in total. The first-order valence-electron chi connectivity index (χ1n) is 4.92. The molecule has 2 aliphatic rings. The Kier molecular flexibility index (Phi) is 1.71. The largest absolute Gasteiger partial charge is 0.492 e. The molecule has 3 heteroatoms. The van der Waals surface area contributed by atoms with Crippen molar-refractivity contribution in [2.75, 3.05) is 6.61 Å². The van der Waals surface area contributed by atoms with E-state index in [9.17, 15) is 4.79 Å². The molecule has 0 saturated carbocycles. The summed E-state index contributed by atoms with van der Waals surface area (Å²) in [5.74, 6) is 0.500. The Hall–Kier alpha value is -1.90. The summed E-state index contributed by atoms with van der Waals surface area (Å²) in [6.45, 7) is 0.639. The lowest BCUT2D eigenvalue weighted by atomic mass is 10.0. The summed E-state index contributed by atoms with van der Waals surface area (Å²) in [6, 6.07) is 7.55. The van der Waals surface area contributed by atoms with E-state index in [2.05, 4.69) is 4.99 Å². The normalized spacial score (nSPS) is 18.3. The Morgan fingerprint density at radius 3 is 3.07 bits per heavy atom. The maximum atomic E-state index is 11.7. The standard InChI is InChI=1S/C12H9NO2/c14-12-9-5-3-7-15-11(9)8-4-1-2-6-10(8)13-12/h1-2,4-6H,3,7H2. The van der Waals surface area contributed by atoms with E-state index in [0.29, 0.717) is 23.3 Å². The van der Waals surface area contributed by atoms with Crippen molar-refractivity contribution >= 4 is 11.7 Å². The lowest BCUT2D eigenvalue weighted by Crippen LogP contribution is -2.35. The third-order valence-corrected chi connectivity index (χ3v) is 2.56. The summed E-state index contributed by atoms with van der Waals surface area (Å²) < 4.78 is 5.55. The molecule has 0 spiro atoms. The minimum Gasteiger partial charge on any atom is -0.492 e. The highest BCUT2D eigenvalue weighted by atomic mass is 16.5. The van der Waals surface area contributed by atoms with Crippen LogP contribution in [0, 0.1) is 0 Å². The number of nitrogens with zero attached hydrogens (tertiary/aromatic N) is 1. The molecule has 0 atom stereocenters. The molecule has 0 fully saturated rings. The van der Waals surface area contributed by atoms with Crippen LogP contribution in [0.3, 0.4) is 0 Å². The Morgan fingerprint density at radius 1 is 1.27 bits per heavy atom. The predicted molar refractivity (Wildman–Crippen MR) is 54.3 cm³/mol. The number of benzene rings is 1. The van der Waals surface area contributed by atoms with Gasteiger partial charge < -0.3 is 4.74 Å². The first kappa shape index (κ1) is 8.41. The minimum atomic E-state index is -0.191. The van der Waals surface area contributed by atoms with Gasteiger partial charge in [0.25, 0.3) is 5.91 Å². The van der Waals surface area contributed by atoms with Crippen molar-refractivity contribution in [3.63, 3.8) is 0 Å².